The quantitative estimate of drug-likeness (QED) is 0.742. The van der Waals surface area contributed by atoms with Crippen molar-refractivity contribution in [2.45, 2.75) is 40.0 Å². The molecule has 0 aliphatic carbocycles. The van der Waals surface area contributed by atoms with Crippen molar-refractivity contribution in [3.63, 3.8) is 0 Å². The molecule has 1 saturated heterocycles. The topological polar surface area (TPSA) is 41.1 Å². The minimum absolute atomic E-state index is 0.148. The molecular weight excluding hydrogens is 188 g/mol. The lowest BCUT2D eigenvalue weighted by molar-refractivity contribution is -0.125. The Hall–Kier alpha value is -0.570. The Labute approximate surface area is 93.0 Å². The summed E-state index contributed by atoms with van der Waals surface area (Å²) in [7, 11) is 0. The smallest absolute Gasteiger partial charge is 0.222 e. The molecule has 0 aromatic carbocycles. The van der Waals surface area contributed by atoms with E-state index in [1.54, 1.807) is 0 Å². The van der Waals surface area contributed by atoms with E-state index in [-0.39, 0.29) is 11.8 Å². The third-order valence-electron chi connectivity index (χ3n) is 3.56. The molecule has 1 heterocycles. The second-order valence-corrected chi connectivity index (χ2v) is 5.09. The van der Waals surface area contributed by atoms with Crippen LogP contribution in [0.1, 0.15) is 40.0 Å². The summed E-state index contributed by atoms with van der Waals surface area (Å²) >= 11 is 0. The van der Waals surface area contributed by atoms with Gasteiger partial charge in [-0.05, 0) is 37.8 Å². The number of hydrogen-bond donors (Lipinski definition) is 2. The van der Waals surface area contributed by atoms with Gasteiger partial charge in [-0.1, -0.05) is 20.8 Å². The first-order valence-corrected chi connectivity index (χ1v) is 6.06. The molecular formula is C12H24N2O. The van der Waals surface area contributed by atoms with Crippen molar-refractivity contribution in [1.82, 2.24) is 10.6 Å². The zero-order valence-electron chi connectivity index (χ0n) is 10.2. The van der Waals surface area contributed by atoms with Crippen LogP contribution < -0.4 is 10.6 Å². The zero-order valence-corrected chi connectivity index (χ0v) is 10.2. The Morgan fingerprint density at radius 1 is 1.47 bits per heavy atom. The first kappa shape index (κ1) is 12.5. The molecule has 1 rings (SSSR count). The fraction of sp³-hybridized carbons (Fsp3) is 0.917. The summed E-state index contributed by atoms with van der Waals surface area (Å²) in [6.07, 6.45) is 3.24. The van der Waals surface area contributed by atoms with Crippen molar-refractivity contribution in [3.8, 4) is 0 Å². The maximum Gasteiger partial charge on any atom is 0.222 e. The molecule has 1 aliphatic heterocycles. The fourth-order valence-electron chi connectivity index (χ4n) is 1.87. The van der Waals surface area contributed by atoms with Crippen LogP contribution in [0.2, 0.25) is 0 Å². The SMILES string of the molecule is CCC(C)C(=O)NCC1(C)CCNCC1. The van der Waals surface area contributed by atoms with Gasteiger partial charge in [0, 0.05) is 12.5 Å². The van der Waals surface area contributed by atoms with Gasteiger partial charge in [0.25, 0.3) is 0 Å². The molecule has 2 N–H and O–H groups in total. The Balaban J connectivity index is 2.31. The number of carbonyl (C=O) groups excluding carboxylic acids is 1. The van der Waals surface area contributed by atoms with Gasteiger partial charge in [-0.3, -0.25) is 4.79 Å². The predicted octanol–water partition coefficient (Wildman–Crippen LogP) is 1.54. The molecule has 0 aromatic rings. The second kappa shape index (κ2) is 5.50. The van der Waals surface area contributed by atoms with Gasteiger partial charge in [-0.2, -0.15) is 0 Å². The molecule has 3 heteroatoms. The van der Waals surface area contributed by atoms with Crippen LogP contribution in [0.25, 0.3) is 0 Å². The van der Waals surface area contributed by atoms with Gasteiger partial charge >= 0.3 is 0 Å². The Kier molecular flexibility index (Phi) is 4.58. The number of rotatable bonds is 4. The van der Waals surface area contributed by atoms with E-state index < -0.39 is 0 Å². The molecule has 0 bridgehead atoms. The predicted molar refractivity (Wildman–Crippen MR) is 62.7 cm³/mol. The van der Waals surface area contributed by atoms with Gasteiger partial charge in [0.2, 0.25) is 5.91 Å². The van der Waals surface area contributed by atoms with Crippen molar-refractivity contribution in [2.75, 3.05) is 19.6 Å². The maximum absolute atomic E-state index is 11.6. The van der Waals surface area contributed by atoms with Gasteiger partial charge in [0.15, 0.2) is 0 Å². The minimum atomic E-state index is 0.148. The Bertz CT molecular complexity index is 210. The molecule has 1 unspecified atom stereocenters. The molecule has 0 radical (unpaired) electrons. The highest BCUT2D eigenvalue weighted by atomic mass is 16.1. The summed E-state index contributed by atoms with van der Waals surface area (Å²) in [5, 5.41) is 6.43. The summed E-state index contributed by atoms with van der Waals surface area (Å²) in [5.41, 5.74) is 0.300. The van der Waals surface area contributed by atoms with E-state index >= 15 is 0 Å². The highest BCUT2D eigenvalue weighted by Gasteiger charge is 2.27. The van der Waals surface area contributed by atoms with E-state index in [0.29, 0.717) is 5.41 Å². The van der Waals surface area contributed by atoms with E-state index in [1.165, 1.54) is 0 Å². The van der Waals surface area contributed by atoms with E-state index in [9.17, 15) is 4.79 Å². The van der Waals surface area contributed by atoms with Crippen LogP contribution in [0.5, 0.6) is 0 Å². The second-order valence-electron chi connectivity index (χ2n) is 5.09. The van der Waals surface area contributed by atoms with Crippen molar-refractivity contribution >= 4 is 5.91 Å². The van der Waals surface area contributed by atoms with Gasteiger partial charge < -0.3 is 10.6 Å². The highest BCUT2D eigenvalue weighted by molar-refractivity contribution is 5.78. The summed E-state index contributed by atoms with van der Waals surface area (Å²) in [5.74, 6) is 0.354. The van der Waals surface area contributed by atoms with Gasteiger partial charge in [0.05, 0.1) is 0 Å². The van der Waals surface area contributed by atoms with Crippen LogP contribution >= 0.6 is 0 Å². The zero-order chi connectivity index (χ0) is 11.3. The van der Waals surface area contributed by atoms with Gasteiger partial charge in [-0.25, -0.2) is 0 Å². The van der Waals surface area contributed by atoms with Gasteiger partial charge in [-0.15, -0.1) is 0 Å². The molecule has 1 atom stereocenters. The lowest BCUT2D eigenvalue weighted by atomic mass is 9.81. The van der Waals surface area contributed by atoms with E-state index in [4.69, 9.17) is 0 Å². The van der Waals surface area contributed by atoms with E-state index in [2.05, 4.69) is 24.5 Å². The number of piperidine rings is 1. The molecule has 15 heavy (non-hydrogen) atoms. The van der Waals surface area contributed by atoms with E-state index in [1.807, 2.05) is 6.92 Å². The molecule has 0 aromatic heterocycles. The largest absolute Gasteiger partial charge is 0.355 e. The summed E-state index contributed by atoms with van der Waals surface area (Å²) in [6, 6.07) is 0. The van der Waals surface area contributed by atoms with E-state index in [0.717, 1.165) is 38.9 Å². The average Bonchev–Trinajstić information content (AvgIpc) is 2.26. The standard InChI is InChI=1S/C12H24N2O/c1-4-10(2)11(15)14-9-12(3)5-7-13-8-6-12/h10,13H,4-9H2,1-3H3,(H,14,15). The van der Waals surface area contributed by atoms with Gasteiger partial charge in [0.1, 0.15) is 0 Å². The summed E-state index contributed by atoms with van der Waals surface area (Å²) in [4.78, 5) is 11.6. The lowest BCUT2D eigenvalue weighted by Gasteiger charge is -2.34. The van der Waals surface area contributed by atoms with Crippen LogP contribution in [0.3, 0.4) is 0 Å². The van der Waals surface area contributed by atoms with Crippen LogP contribution in [0, 0.1) is 11.3 Å². The van der Waals surface area contributed by atoms with Crippen molar-refractivity contribution < 1.29 is 4.79 Å². The molecule has 3 nitrogen and oxygen atoms in total. The highest BCUT2D eigenvalue weighted by Crippen LogP contribution is 2.26. The monoisotopic (exact) mass is 212 g/mol. The maximum atomic E-state index is 11.6. The van der Waals surface area contributed by atoms with Crippen LogP contribution in [-0.4, -0.2) is 25.5 Å². The van der Waals surface area contributed by atoms with Crippen molar-refractivity contribution in [3.05, 3.63) is 0 Å². The normalized spacial score (nSPS) is 22.1. The number of carbonyl (C=O) groups is 1. The minimum Gasteiger partial charge on any atom is -0.355 e. The Morgan fingerprint density at radius 3 is 2.60 bits per heavy atom. The van der Waals surface area contributed by atoms with Crippen LogP contribution in [-0.2, 0) is 4.79 Å². The summed E-state index contributed by atoms with van der Waals surface area (Å²) in [6.45, 7) is 9.30. The fourth-order valence-corrected chi connectivity index (χ4v) is 1.87. The molecule has 1 fully saturated rings. The molecule has 1 aliphatic rings. The third kappa shape index (κ3) is 3.82. The number of amides is 1. The van der Waals surface area contributed by atoms with Crippen LogP contribution in [0.15, 0.2) is 0 Å². The first-order chi connectivity index (χ1) is 7.07. The van der Waals surface area contributed by atoms with Crippen molar-refractivity contribution in [1.29, 1.82) is 0 Å². The summed E-state index contributed by atoms with van der Waals surface area (Å²) < 4.78 is 0. The number of nitrogens with one attached hydrogen (secondary N) is 2. The molecule has 0 spiro atoms. The number of hydrogen-bond acceptors (Lipinski definition) is 2. The Morgan fingerprint density at radius 2 is 2.07 bits per heavy atom. The molecule has 1 amide bonds. The molecule has 0 saturated carbocycles. The molecule has 88 valence electrons. The third-order valence-corrected chi connectivity index (χ3v) is 3.56. The average molecular weight is 212 g/mol. The lowest BCUT2D eigenvalue weighted by Crippen LogP contribution is -2.44. The first-order valence-electron chi connectivity index (χ1n) is 6.06. The van der Waals surface area contributed by atoms with Crippen LogP contribution in [0.4, 0.5) is 0 Å². The van der Waals surface area contributed by atoms with Crippen molar-refractivity contribution in [2.24, 2.45) is 11.3 Å².